The molecule has 0 amide bonds. The number of unbranched alkanes of at least 4 members (excludes halogenated alkanes) is 1. The van der Waals surface area contributed by atoms with Crippen LogP contribution in [0.4, 0.5) is 0 Å². The van der Waals surface area contributed by atoms with Gasteiger partial charge in [-0.25, -0.2) is 0 Å². The Hall–Kier alpha value is -1.01. The van der Waals surface area contributed by atoms with Gasteiger partial charge in [0.15, 0.2) is 0 Å². The maximum Gasteiger partial charge on any atom is 0.303 e. The molecule has 0 heterocycles. The lowest BCUT2D eigenvalue weighted by Crippen LogP contribution is -2.17. The van der Waals surface area contributed by atoms with Gasteiger partial charge in [0.25, 0.3) is 0 Å². The Bertz CT molecular complexity index is 224. The van der Waals surface area contributed by atoms with Crippen LogP contribution >= 0.6 is 0 Å². The summed E-state index contributed by atoms with van der Waals surface area (Å²) in [7, 11) is 0. The SMILES string of the molecule is C=C=C(CCCC)[C@@H](CC)OC(C)=O. The number of ether oxygens (including phenoxy) is 1. The second-order valence-electron chi connectivity index (χ2n) is 3.31. The van der Waals surface area contributed by atoms with Crippen LogP contribution in [0.15, 0.2) is 17.9 Å². The van der Waals surface area contributed by atoms with Gasteiger partial charge < -0.3 is 4.74 Å². The van der Waals surface area contributed by atoms with Gasteiger partial charge in [0, 0.05) is 12.5 Å². The maximum atomic E-state index is 10.8. The van der Waals surface area contributed by atoms with E-state index in [4.69, 9.17) is 4.74 Å². The standard InChI is InChI=1S/C12H20O2/c1-5-8-9-11(6-2)12(7-3)14-10(4)13/h12H,2,5,7-9H2,1,3-4H3/t12-/m1/s1. The van der Waals surface area contributed by atoms with Crippen LogP contribution in [0.5, 0.6) is 0 Å². The molecular formula is C12H20O2. The fourth-order valence-electron chi connectivity index (χ4n) is 1.33. The topological polar surface area (TPSA) is 26.3 Å². The number of esters is 1. The van der Waals surface area contributed by atoms with Crippen LogP contribution in [0.2, 0.25) is 0 Å². The molecule has 14 heavy (non-hydrogen) atoms. The zero-order chi connectivity index (χ0) is 11.0. The minimum atomic E-state index is -0.235. The van der Waals surface area contributed by atoms with E-state index >= 15 is 0 Å². The average Bonchev–Trinajstić information content (AvgIpc) is 2.16. The van der Waals surface area contributed by atoms with Crippen molar-refractivity contribution >= 4 is 5.97 Å². The van der Waals surface area contributed by atoms with Crippen molar-refractivity contribution in [1.82, 2.24) is 0 Å². The maximum absolute atomic E-state index is 10.8. The smallest absolute Gasteiger partial charge is 0.303 e. The lowest BCUT2D eigenvalue weighted by Gasteiger charge is -2.16. The first-order valence-corrected chi connectivity index (χ1v) is 5.21. The zero-order valence-electron chi connectivity index (χ0n) is 9.43. The summed E-state index contributed by atoms with van der Waals surface area (Å²) in [6, 6.07) is 0. The van der Waals surface area contributed by atoms with Crippen molar-refractivity contribution in [1.29, 1.82) is 0 Å². The third-order valence-electron chi connectivity index (χ3n) is 2.09. The molecule has 0 radical (unpaired) electrons. The molecular weight excluding hydrogens is 176 g/mol. The highest BCUT2D eigenvalue weighted by Crippen LogP contribution is 2.16. The summed E-state index contributed by atoms with van der Waals surface area (Å²) in [6.45, 7) is 9.20. The van der Waals surface area contributed by atoms with E-state index in [1.165, 1.54) is 6.92 Å². The summed E-state index contributed by atoms with van der Waals surface area (Å²) in [4.78, 5) is 10.8. The highest BCUT2D eigenvalue weighted by atomic mass is 16.5. The molecule has 0 aliphatic heterocycles. The molecule has 2 heteroatoms. The van der Waals surface area contributed by atoms with E-state index in [-0.39, 0.29) is 12.1 Å². The largest absolute Gasteiger partial charge is 0.457 e. The molecule has 0 aromatic heterocycles. The molecule has 0 N–H and O–H groups in total. The van der Waals surface area contributed by atoms with Crippen molar-refractivity contribution in [3.63, 3.8) is 0 Å². The number of rotatable bonds is 6. The van der Waals surface area contributed by atoms with Crippen molar-refractivity contribution in [2.24, 2.45) is 0 Å². The lowest BCUT2D eigenvalue weighted by atomic mass is 10.0. The summed E-state index contributed by atoms with van der Waals surface area (Å²) in [6.07, 6.45) is 3.81. The van der Waals surface area contributed by atoms with Gasteiger partial charge in [0.05, 0.1) is 0 Å². The first-order chi connectivity index (χ1) is 6.65. The first kappa shape index (κ1) is 13.0. The van der Waals surface area contributed by atoms with E-state index in [2.05, 4.69) is 19.2 Å². The molecule has 0 aliphatic rings. The van der Waals surface area contributed by atoms with E-state index in [1.54, 1.807) is 0 Å². The molecule has 0 aromatic carbocycles. The van der Waals surface area contributed by atoms with E-state index in [9.17, 15) is 4.79 Å². The molecule has 0 fully saturated rings. The Balaban J connectivity index is 4.31. The van der Waals surface area contributed by atoms with Crippen LogP contribution in [0, 0.1) is 0 Å². The van der Waals surface area contributed by atoms with Crippen LogP contribution in [0.3, 0.4) is 0 Å². The van der Waals surface area contributed by atoms with Gasteiger partial charge >= 0.3 is 5.97 Å². The molecule has 0 aliphatic carbocycles. The number of carbonyl (C=O) groups is 1. The summed E-state index contributed by atoms with van der Waals surface area (Å²) < 4.78 is 5.17. The van der Waals surface area contributed by atoms with Gasteiger partial charge in [-0.1, -0.05) is 26.8 Å². The van der Waals surface area contributed by atoms with Crippen molar-refractivity contribution in [3.8, 4) is 0 Å². The summed E-state index contributed by atoms with van der Waals surface area (Å²) in [5.41, 5.74) is 3.90. The van der Waals surface area contributed by atoms with E-state index in [1.807, 2.05) is 6.92 Å². The molecule has 1 atom stereocenters. The molecule has 0 aromatic rings. The quantitative estimate of drug-likeness (QED) is 0.481. The Morgan fingerprint density at radius 2 is 2.14 bits per heavy atom. The lowest BCUT2D eigenvalue weighted by molar-refractivity contribution is -0.144. The summed E-state index contributed by atoms with van der Waals surface area (Å²) in [5, 5.41) is 0. The summed E-state index contributed by atoms with van der Waals surface area (Å²) >= 11 is 0. The van der Waals surface area contributed by atoms with Crippen molar-refractivity contribution in [3.05, 3.63) is 17.9 Å². The molecule has 80 valence electrons. The highest BCUT2D eigenvalue weighted by Gasteiger charge is 2.14. The van der Waals surface area contributed by atoms with Gasteiger partial charge in [-0.15, -0.1) is 5.73 Å². The molecule has 0 spiro atoms. The fraction of sp³-hybridized carbons (Fsp3) is 0.667. The highest BCUT2D eigenvalue weighted by molar-refractivity contribution is 5.66. The van der Waals surface area contributed by atoms with Gasteiger partial charge in [0.2, 0.25) is 0 Å². The van der Waals surface area contributed by atoms with E-state index in [0.717, 1.165) is 31.3 Å². The predicted molar refractivity (Wildman–Crippen MR) is 58.0 cm³/mol. The van der Waals surface area contributed by atoms with Crippen LogP contribution in [-0.2, 0) is 9.53 Å². The molecule has 0 bridgehead atoms. The zero-order valence-corrected chi connectivity index (χ0v) is 9.43. The molecule has 2 nitrogen and oxygen atoms in total. The predicted octanol–water partition coefficient (Wildman–Crippen LogP) is 3.23. The second kappa shape index (κ2) is 7.40. The van der Waals surface area contributed by atoms with E-state index in [0.29, 0.717) is 0 Å². The normalized spacial score (nSPS) is 11.6. The van der Waals surface area contributed by atoms with Crippen LogP contribution in [0.1, 0.15) is 46.5 Å². The third-order valence-corrected chi connectivity index (χ3v) is 2.09. The van der Waals surface area contributed by atoms with Crippen molar-refractivity contribution < 1.29 is 9.53 Å². The van der Waals surface area contributed by atoms with Crippen molar-refractivity contribution in [2.75, 3.05) is 0 Å². The second-order valence-corrected chi connectivity index (χ2v) is 3.31. The monoisotopic (exact) mass is 196 g/mol. The molecule has 0 saturated carbocycles. The number of hydrogen-bond donors (Lipinski definition) is 0. The van der Waals surface area contributed by atoms with Crippen molar-refractivity contribution in [2.45, 2.75) is 52.6 Å². The Labute approximate surface area is 86.6 Å². The average molecular weight is 196 g/mol. The molecule has 0 rings (SSSR count). The van der Waals surface area contributed by atoms with Gasteiger partial charge in [-0.05, 0) is 19.3 Å². The fourth-order valence-corrected chi connectivity index (χ4v) is 1.33. The number of hydrogen-bond acceptors (Lipinski definition) is 2. The molecule has 0 saturated heterocycles. The summed E-state index contributed by atoms with van der Waals surface area (Å²) in [5.74, 6) is -0.235. The Morgan fingerprint density at radius 3 is 2.50 bits per heavy atom. The third kappa shape index (κ3) is 4.88. The van der Waals surface area contributed by atoms with Gasteiger partial charge in [-0.2, -0.15) is 0 Å². The van der Waals surface area contributed by atoms with Crippen LogP contribution in [0.25, 0.3) is 0 Å². The van der Waals surface area contributed by atoms with Crippen LogP contribution in [-0.4, -0.2) is 12.1 Å². The van der Waals surface area contributed by atoms with Gasteiger partial charge in [0.1, 0.15) is 6.10 Å². The van der Waals surface area contributed by atoms with Gasteiger partial charge in [-0.3, -0.25) is 4.79 Å². The minimum absolute atomic E-state index is 0.128. The Morgan fingerprint density at radius 1 is 1.50 bits per heavy atom. The minimum Gasteiger partial charge on any atom is -0.457 e. The van der Waals surface area contributed by atoms with Crippen LogP contribution < -0.4 is 0 Å². The first-order valence-electron chi connectivity index (χ1n) is 5.21. The number of carbonyl (C=O) groups excluding carboxylic acids is 1. The molecule has 0 unspecified atom stereocenters. The van der Waals surface area contributed by atoms with E-state index < -0.39 is 0 Å². The Kier molecular flexibility index (Phi) is 6.87.